The Hall–Kier alpha value is 3.23. The van der Waals surface area contributed by atoms with Crippen LogP contribution in [-0.4, -0.2) is 32.9 Å². The van der Waals surface area contributed by atoms with E-state index in [9.17, 15) is 0 Å². The molecule has 0 spiro atoms. The molecule has 0 aromatic carbocycles. The first-order valence-corrected chi connectivity index (χ1v) is 8.76. The Morgan fingerprint density at radius 3 is 0.308 bits per heavy atom. The summed E-state index contributed by atoms with van der Waals surface area (Å²) in [5.41, 5.74) is 0. The van der Waals surface area contributed by atoms with Gasteiger partial charge in [-0.15, -0.1) is 0 Å². The monoisotopic (exact) mass is 620 g/mol. The van der Waals surface area contributed by atoms with Crippen LogP contribution >= 0.6 is 31.3 Å². The molecule has 0 aliphatic rings. The minimum atomic E-state index is -5.39. The third-order valence-electron chi connectivity index (χ3n) is 0. The molecule has 26 heavy (non-hydrogen) atoms. The Balaban J connectivity index is -0.0000000152. The van der Waals surface area contributed by atoms with E-state index >= 15 is 0 Å². The van der Waals surface area contributed by atoms with Gasteiger partial charge in [0.05, 0.1) is 0 Å². The molecular formula is H12O16P4Si3Ti3. The van der Waals surface area contributed by atoms with Crippen molar-refractivity contribution in [1.29, 1.82) is 0 Å². The summed E-state index contributed by atoms with van der Waals surface area (Å²) >= 11 is 0. The number of rotatable bonds is 0. The van der Waals surface area contributed by atoms with Crippen molar-refractivity contribution in [1.82, 2.24) is 0 Å². The maximum Gasteiger partial charge on any atom is 4.00 e. The van der Waals surface area contributed by atoms with Crippen LogP contribution in [0, 0.1) is 0 Å². The molecule has 0 aromatic rings. The van der Waals surface area contributed by atoms with Gasteiger partial charge in [0.15, 0.2) is 0 Å². The Morgan fingerprint density at radius 1 is 0.308 bits per heavy atom. The molecule has 0 fully saturated rings. The minimum Gasteiger partial charge on any atom is -0.822 e. The first kappa shape index (κ1) is 63.0. The van der Waals surface area contributed by atoms with Gasteiger partial charge in [-0.25, -0.2) is 0 Å². The van der Waals surface area contributed by atoms with Gasteiger partial charge in [-0.2, -0.15) is 31.3 Å². The standard InChI is InChI=1S/4H3O4P.3H4Si.3Ti/c4*1-5(2,3)4;;;;;;/h4*(H3,1,2,3,4);3*1H4;;;/q;;;;;;;3*+4/p-12. The van der Waals surface area contributed by atoms with Crippen LogP contribution < -0.4 is 58.7 Å². The van der Waals surface area contributed by atoms with Gasteiger partial charge < -0.3 is 77.0 Å². The predicted octanol–water partition coefficient (Wildman–Crippen LogP) is -15.7. The zero-order valence-corrected chi connectivity index (χ0v) is 18.1. The molecule has 0 rings (SSSR count). The van der Waals surface area contributed by atoms with Gasteiger partial charge in [0.25, 0.3) is 0 Å². The third kappa shape index (κ3) is 1790. The number of hydrogen-bond donors (Lipinski definition) is 0. The summed E-state index contributed by atoms with van der Waals surface area (Å²) in [6.07, 6.45) is 0. The van der Waals surface area contributed by atoms with Gasteiger partial charge >= 0.3 is 65.2 Å². The van der Waals surface area contributed by atoms with Gasteiger partial charge in [0, 0.05) is 0 Å². The van der Waals surface area contributed by atoms with Gasteiger partial charge in [0.2, 0.25) is 0 Å². The molecule has 0 atom stereocenters. The van der Waals surface area contributed by atoms with E-state index in [0.717, 1.165) is 0 Å². The number of hydrogen-bond acceptors (Lipinski definition) is 16. The van der Waals surface area contributed by atoms with E-state index in [4.69, 9.17) is 77.0 Å². The van der Waals surface area contributed by atoms with Crippen LogP contribution in [-0.2, 0) is 83.4 Å². The van der Waals surface area contributed by atoms with Crippen molar-refractivity contribution in [2.45, 2.75) is 0 Å². The molecule has 0 bridgehead atoms. The van der Waals surface area contributed by atoms with E-state index in [2.05, 4.69) is 0 Å². The van der Waals surface area contributed by atoms with Gasteiger partial charge in [-0.3, -0.25) is 0 Å². The van der Waals surface area contributed by atoms with Crippen LogP contribution in [0.3, 0.4) is 0 Å². The summed E-state index contributed by atoms with van der Waals surface area (Å²) in [7, 11) is -21.6. The van der Waals surface area contributed by atoms with Crippen LogP contribution in [0.4, 0.5) is 0 Å². The predicted molar refractivity (Wildman–Crippen MR) is 64.4 cm³/mol. The van der Waals surface area contributed by atoms with E-state index in [1.807, 2.05) is 0 Å². The zero-order chi connectivity index (χ0) is 18.0. The quantitative estimate of drug-likeness (QED) is 0.179. The van der Waals surface area contributed by atoms with Gasteiger partial charge in [0.1, 0.15) is 0 Å². The largest absolute Gasteiger partial charge is 4.00 e. The summed E-state index contributed by atoms with van der Waals surface area (Å²) in [6.45, 7) is 0. The molecule has 0 saturated heterocycles. The van der Waals surface area contributed by atoms with Crippen molar-refractivity contribution in [2.75, 3.05) is 0 Å². The summed E-state index contributed by atoms with van der Waals surface area (Å²) in [5, 5.41) is 0. The molecule has 26 heteroatoms. The van der Waals surface area contributed by atoms with Crippen molar-refractivity contribution in [3.63, 3.8) is 0 Å². The number of phosphoric acid groups is 4. The van der Waals surface area contributed by atoms with Crippen molar-refractivity contribution in [3.05, 3.63) is 0 Å². The average molecular weight is 620 g/mol. The fraction of sp³-hybridized carbons (Fsp3) is 0. The van der Waals surface area contributed by atoms with Crippen molar-refractivity contribution in [2.24, 2.45) is 0 Å². The Morgan fingerprint density at radius 2 is 0.308 bits per heavy atom. The Bertz CT molecular complexity index is 305. The molecule has 0 saturated carbocycles. The summed E-state index contributed by atoms with van der Waals surface area (Å²) in [5.74, 6) is 0. The second-order valence-electron chi connectivity index (χ2n) is 1.79. The van der Waals surface area contributed by atoms with Crippen molar-refractivity contribution in [3.8, 4) is 0 Å². The second kappa shape index (κ2) is 28.2. The molecule has 0 heterocycles. The van der Waals surface area contributed by atoms with Crippen LogP contribution in [0.15, 0.2) is 0 Å². The molecule has 0 N–H and O–H groups in total. The molecular weight excluding hydrogens is 608 g/mol. The smallest absolute Gasteiger partial charge is 0.822 e. The van der Waals surface area contributed by atoms with Crippen LogP contribution in [0.1, 0.15) is 0 Å². The van der Waals surface area contributed by atoms with Gasteiger partial charge in [-0.05, 0) is 32.9 Å². The molecule has 16 nitrogen and oxygen atoms in total. The first-order chi connectivity index (χ1) is 8.00. The first-order valence-electron chi connectivity index (χ1n) is 2.92. The maximum absolute atomic E-state index is 8.55. The molecule has 0 aromatic heterocycles. The normalized spacial score (nSPS) is 9.08. The SMILES string of the molecule is O=P([O-])([O-])[O-].O=P([O-])([O-])[O-].O=P([O-])([O-])[O-].O=P([O-])([O-])[O-].[SiH4].[SiH4].[SiH4].[Ti+4].[Ti+4].[Ti+4]. The van der Waals surface area contributed by atoms with Gasteiger partial charge in [-0.1, -0.05) is 0 Å². The second-order valence-corrected chi connectivity index (χ2v) is 5.37. The van der Waals surface area contributed by atoms with Crippen LogP contribution in [0.25, 0.3) is 0 Å². The molecule has 0 unspecified atom stereocenters. The molecule has 152 valence electrons. The van der Waals surface area contributed by atoms with Crippen molar-refractivity contribution >= 4 is 64.2 Å². The Labute approximate surface area is 204 Å². The average Bonchev–Trinajstić information content (AvgIpc) is 1.62. The van der Waals surface area contributed by atoms with E-state index in [1.165, 1.54) is 0 Å². The molecule has 0 amide bonds. The fourth-order valence-corrected chi connectivity index (χ4v) is 0. The summed E-state index contributed by atoms with van der Waals surface area (Å²) < 4.78 is 34.2. The molecule has 0 aliphatic heterocycles. The summed E-state index contributed by atoms with van der Waals surface area (Å²) in [6, 6.07) is 0. The zero-order valence-electron chi connectivity index (χ0n) is 9.82. The van der Waals surface area contributed by atoms with E-state index in [1.54, 1.807) is 0 Å². The molecule has 0 aliphatic carbocycles. The molecule has 0 radical (unpaired) electrons. The topological polar surface area (TPSA) is 345 Å². The van der Waals surface area contributed by atoms with E-state index in [-0.39, 0.29) is 98.0 Å². The minimum absolute atomic E-state index is 0. The van der Waals surface area contributed by atoms with E-state index in [0.29, 0.717) is 0 Å². The Kier molecular flexibility index (Phi) is 68.4. The van der Waals surface area contributed by atoms with Crippen molar-refractivity contribution < 1.29 is 142 Å². The van der Waals surface area contributed by atoms with Crippen LogP contribution in [0.2, 0.25) is 0 Å². The maximum atomic E-state index is 8.55. The third-order valence-corrected chi connectivity index (χ3v) is 0. The fourth-order valence-electron chi connectivity index (χ4n) is 0. The summed E-state index contributed by atoms with van der Waals surface area (Å²) in [4.78, 5) is 103. The van der Waals surface area contributed by atoms with Crippen LogP contribution in [0.5, 0.6) is 0 Å². The van der Waals surface area contributed by atoms with E-state index < -0.39 is 31.3 Å².